The molecule has 0 aliphatic carbocycles. The molecule has 1 aromatic heterocycles. The number of rotatable bonds is 6. The van der Waals surface area contributed by atoms with Crippen molar-refractivity contribution in [3.8, 4) is 5.69 Å². The molecule has 1 unspecified atom stereocenters. The lowest BCUT2D eigenvalue weighted by Gasteiger charge is -2.16. The fraction of sp³-hybridized carbons (Fsp3) is 0.438. The van der Waals surface area contributed by atoms with Crippen LogP contribution in [0.2, 0.25) is 5.02 Å². The lowest BCUT2D eigenvalue weighted by molar-refractivity contribution is 0.598. The van der Waals surface area contributed by atoms with Gasteiger partial charge in [0.25, 0.3) is 0 Å². The van der Waals surface area contributed by atoms with Crippen LogP contribution in [0.5, 0.6) is 0 Å². The Hall–Kier alpha value is -1.32. The third kappa shape index (κ3) is 3.22. The molecule has 3 nitrogen and oxygen atoms in total. The van der Waals surface area contributed by atoms with Crippen LogP contribution in [0.15, 0.2) is 30.6 Å². The molecule has 1 aromatic carbocycles. The van der Waals surface area contributed by atoms with E-state index in [0.29, 0.717) is 0 Å². The number of nitrogens with one attached hydrogen (secondary N) is 1. The Kier molecular flexibility index (Phi) is 5.21. The van der Waals surface area contributed by atoms with E-state index in [1.54, 1.807) is 0 Å². The van der Waals surface area contributed by atoms with Crippen LogP contribution in [0.3, 0.4) is 0 Å². The summed E-state index contributed by atoms with van der Waals surface area (Å²) in [4.78, 5) is 4.41. The molecule has 0 bridgehead atoms. The highest BCUT2D eigenvalue weighted by molar-refractivity contribution is 6.31. The molecule has 20 heavy (non-hydrogen) atoms. The highest BCUT2D eigenvalue weighted by Crippen LogP contribution is 2.26. The topological polar surface area (TPSA) is 29.9 Å². The Bertz CT molecular complexity index is 563. The van der Waals surface area contributed by atoms with Crippen molar-refractivity contribution in [1.29, 1.82) is 0 Å². The number of halogens is 1. The van der Waals surface area contributed by atoms with E-state index in [2.05, 4.69) is 47.8 Å². The van der Waals surface area contributed by atoms with Gasteiger partial charge in [-0.15, -0.1) is 0 Å². The van der Waals surface area contributed by atoms with Crippen LogP contribution >= 0.6 is 11.6 Å². The van der Waals surface area contributed by atoms with Gasteiger partial charge in [0.15, 0.2) is 0 Å². The van der Waals surface area contributed by atoms with Gasteiger partial charge in [-0.2, -0.15) is 0 Å². The minimum Gasteiger partial charge on any atom is -0.310 e. The molecule has 0 aliphatic heterocycles. The van der Waals surface area contributed by atoms with E-state index in [1.165, 1.54) is 0 Å². The number of benzene rings is 1. The van der Waals surface area contributed by atoms with Gasteiger partial charge in [0.1, 0.15) is 5.82 Å². The Labute approximate surface area is 126 Å². The third-order valence-electron chi connectivity index (χ3n) is 3.43. The van der Waals surface area contributed by atoms with Crippen LogP contribution in [0.4, 0.5) is 0 Å². The van der Waals surface area contributed by atoms with Crippen LogP contribution in [0.25, 0.3) is 5.69 Å². The first-order valence-electron chi connectivity index (χ1n) is 7.22. The predicted octanol–water partition coefficient (Wildman–Crippen LogP) is 4.15. The van der Waals surface area contributed by atoms with Gasteiger partial charge in [-0.05, 0) is 37.6 Å². The highest BCUT2D eigenvalue weighted by Gasteiger charge is 2.11. The average Bonchev–Trinajstić information content (AvgIpc) is 2.87. The second kappa shape index (κ2) is 6.91. The average molecular weight is 292 g/mol. The van der Waals surface area contributed by atoms with E-state index in [1.807, 2.05) is 18.5 Å². The lowest BCUT2D eigenvalue weighted by atomic mass is 10.1. The standard InChI is InChI=1S/C16H22ClN3/c1-4-6-16-19-9-10-20(16)13-7-8-14(15(17)11-13)12(3)18-5-2/h7-12,18H,4-6H2,1-3H3. The molecule has 2 rings (SSSR count). The predicted molar refractivity (Wildman–Crippen MR) is 84.7 cm³/mol. The van der Waals surface area contributed by atoms with Crippen molar-refractivity contribution < 1.29 is 0 Å². The van der Waals surface area contributed by atoms with E-state index in [9.17, 15) is 0 Å². The number of hydrogen-bond donors (Lipinski definition) is 1. The second-order valence-electron chi connectivity index (χ2n) is 4.95. The molecule has 1 N–H and O–H groups in total. The van der Waals surface area contributed by atoms with Crippen LogP contribution in [0, 0.1) is 0 Å². The molecule has 1 atom stereocenters. The molecule has 1 heterocycles. The molecule has 0 saturated carbocycles. The summed E-state index contributed by atoms with van der Waals surface area (Å²) in [6.45, 7) is 7.32. The summed E-state index contributed by atoms with van der Waals surface area (Å²) in [5, 5.41) is 4.18. The molecule has 0 fully saturated rings. The Morgan fingerprint density at radius 3 is 2.80 bits per heavy atom. The van der Waals surface area contributed by atoms with Gasteiger partial charge in [-0.3, -0.25) is 0 Å². The van der Waals surface area contributed by atoms with E-state index < -0.39 is 0 Å². The minimum atomic E-state index is 0.263. The molecular weight excluding hydrogens is 270 g/mol. The fourth-order valence-electron chi connectivity index (χ4n) is 2.41. The van der Waals surface area contributed by atoms with Crippen LogP contribution in [-0.2, 0) is 6.42 Å². The van der Waals surface area contributed by atoms with Crippen molar-refractivity contribution >= 4 is 11.6 Å². The summed E-state index contributed by atoms with van der Waals surface area (Å²) in [6.07, 6.45) is 5.89. The lowest BCUT2D eigenvalue weighted by Crippen LogP contribution is -2.18. The second-order valence-corrected chi connectivity index (χ2v) is 5.36. The molecule has 0 amide bonds. The van der Waals surface area contributed by atoms with E-state index in [0.717, 1.165) is 41.5 Å². The van der Waals surface area contributed by atoms with Crippen LogP contribution in [-0.4, -0.2) is 16.1 Å². The van der Waals surface area contributed by atoms with Crippen molar-refractivity contribution in [3.05, 3.63) is 47.0 Å². The number of hydrogen-bond acceptors (Lipinski definition) is 2. The molecule has 2 aromatic rings. The Morgan fingerprint density at radius 2 is 2.15 bits per heavy atom. The molecular formula is C16H22ClN3. The summed E-state index contributed by atoms with van der Waals surface area (Å²) in [6, 6.07) is 6.49. The van der Waals surface area contributed by atoms with Crippen molar-refractivity contribution in [3.63, 3.8) is 0 Å². The van der Waals surface area contributed by atoms with E-state index in [-0.39, 0.29) is 6.04 Å². The maximum absolute atomic E-state index is 6.43. The maximum Gasteiger partial charge on any atom is 0.113 e. The smallest absolute Gasteiger partial charge is 0.113 e. The highest BCUT2D eigenvalue weighted by atomic mass is 35.5. The third-order valence-corrected chi connectivity index (χ3v) is 3.76. The monoisotopic (exact) mass is 291 g/mol. The minimum absolute atomic E-state index is 0.263. The van der Waals surface area contributed by atoms with Crippen molar-refractivity contribution in [2.45, 2.75) is 39.7 Å². The van der Waals surface area contributed by atoms with Crippen molar-refractivity contribution in [1.82, 2.24) is 14.9 Å². The van der Waals surface area contributed by atoms with Gasteiger partial charge < -0.3 is 9.88 Å². The largest absolute Gasteiger partial charge is 0.310 e. The number of aryl methyl sites for hydroxylation is 1. The first-order chi connectivity index (χ1) is 9.67. The summed E-state index contributed by atoms with van der Waals surface area (Å²) in [5.74, 6) is 1.08. The molecule has 108 valence electrons. The van der Waals surface area contributed by atoms with Gasteiger partial charge in [-0.25, -0.2) is 4.98 Å². The van der Waals surface area contributed by atoms with E-state index in [4.69, 9.17) is 11.6 Å². The number of imidazole rings is 1. The van der Waals surface area contributed by atoms with Gasteiger partial charge in [0.2, 0.25) is 0 Å². The molecule has 4 heteroatoms. The zero-order chi connectivity index (χ0) is 14.5. The quantitative estimate of drug-likeness (QED) is 0.866. The van der Waals surface area contributed by atoms with Gasteiger partial charge >= 0.3 is 0 Å². The number of nitrogens with zero attached hydrogens (tertiary/aromatic N) is 2. The summed E-state index contributed by atoms with van der Waals surface area (Å²) < 4.78 is 2.11. The van der Waals surface area contributed by atoms with Crippen LogP contribution < -0.4 is 5.32 Å². The Balaban J connectivity index is 2.31. The summed E-state index contributed by atoms with van der Waals surface area (Å²) in [7, 11) is 0. The summed E-state index contributed by atoms with van der Waals surface area (Å²) in [5.41, 5.74) is 2.21. The normalized spacial score (nSPS) is 12.6. The number of aromatic nitrogens is 2. The molecule has 0 radical (unpaired) electrons. The Morgan fingerprint density at radius 1 is 1.35 bits per heavy atom. The summed E-state index contributed by atoms with van der Waals surface area (Å²) >= 11 is 6.43. The van der Waals surface area contributed by atoms with Crippen molar-refractivity contribution in [2.24, 2.45) is 0 Å². The molecule has 0 saturated heterocycles. The zero-order valence-corrected chi connectivity index (χ0v) is 13.1. The zero-order valence-electron chi connectivity index (χ0n) is 12.4. The molecule has 0 spiro atoms. The SMILES string of the molecule is CCCc1nccn1-c1ccc(C(C)NCC)c(Cl)c1. The van der Waals surface area contributed by atoms with Gasteiger partial charge in [-0.1, -0.05) is 31.5 Å². The first kappa shape index (κ1) is 15.1. The van der Waals surface area contributed by atoms with Gasteiger partial charge in [0.05, 0.1) is 0 Å². The van der Waals surface area contributed by atoms with Gasteiger partial charge in [0, 0.05) is 35.6 Å². The molecule has 0 aliphatic rings. The fourth-order valence-corrected chi connectivity index (χ4v) is 2.75. The maximum atomic E-state index is 6.43. The van der Waals surface area contributed by atoms with Crippen LogP contribution in [0.1, 0.15) is 44.6 Å². The van der Waals surface area contributed by atoms with E-state index >= 15 is 0 Å². The van der Waals surface area contributed by atoms with Crippen molar-refractivity contribution in [2.75, 3.05) is 6.54 Å². The first-order valence-corrected chi connectivity index (χ1v) is 7.60.